The van der Waals surface area contributed by atoms with E-state index in [9.17, 15) is 4.79 Å². The number of fused-ring (bicyclic) bond motifs is 1. The van der Waals surface area contributed by atoms with Crippen LogP contribution in [0.1, 0.15) is 42.4 Å². The smallest absolute Gasteiger partial charge is 0.251 e. The van der Waals surface area contributed by atoms with Crippen LogP contribution >= 0.6 is 0 Å². The fourth-order valence-electron chi connectivity index (χ4n) is 1.86. The molecule has 0 aliphatic carbocycles. The van der Waals surface area contributed by atoms with E-state index < -0.39 is 0 Å². The van der Waals surface area contributed by atoms with E-state index in [0.29, 0.717) is 11.5 Å². The predicted molar refractivity (Wildman–Crippen MR) is 70.6 cm³/mol. The molecule has 0 unspecified atom stereocenters. The van der Waals surface area contributed by atoms with Crippen molar-refractivity contribution in [3.8, 4) is 0 Å². The fourth-order valence-corrected chi connectivity index (χ4v) is 1.86. The minimum atomic E-state index is -0.0475. The summed E-state index contributed by atoms with van der Waals surface area (Å²) in [5.41, 5.74) is 2.08. The van der Waals surface area contributed by atoms with Crippen molar-refractivity contribution < 1.29 is 9.21 Å². The van der Waals surface area contributed by atoms with Crippen LogP contribution in [0.15, 0.2) is 22.6 Å². The van der Waals surface area contributed by atoms with Gasteiger partial charge in [0.05, 0.1) is 0 Å². The minimum absolute atomic E-state index is 0.0475. The molecule has 0 saturated heterocycles. The molecule has 0 radical (unpaired) electrons. The largest absolute Gasteiger partial charge is 0.441 e. The maximum Gasteiger partial charge on any atom is 0.251 e. The van der Waals surface area contributed by atoms with Gasteiger partial charge >= 0.3 is 0 Å². The Kier molecular flexibility index (Phi) is 3.97. The summed E-state index contributed by atoms with van der Waals surface area (Å²) in [4.78, 5) is 16.1. The Hall–Kier alpha value is -1.84. The number of unbranched alkanes of at least 4 members (excludes halogenated alkanes) is 2. The number of carbonyl (C=O) groups excluding carboxylic acids is 1. The second-order valence-corrected chi connectivity index (χ2v) is 4.38. The summed E-state index contributed by atoms with van der Waals surface area (Å²) in [5, 5.41) is 2.91. The molecule has 1 aromatic heterocycles. The molecule has 0 aliphatic rings. The van der Waals surface area contributed by atoms with Crippen molar-refractivity contribution in [1.82, 2.24) is 10.3 Å². The highest BCUT2D eigenvalue weighted by Gasteiger charge is 2.08. The summed E-state index contributed by atoms with van der Waals surface area (Å²) in [6, 6.07) is 5.32. The van der Waals surface area contributed by atoms with E-state index in [2.05, 4.69) is 17.2 Å². The van der Waals surface area contributed by atoms with Crippen LogP contribution in [0.3, 0.4) is 0 Å². The van der Waals surface area contributed by atoms with E-state index in [4.69, 9.17) is 4.42 Å². The van der Waals surface area contributed by atoms with E-state index in [0.717, 1.165) is 36.9 Å². The maximum atomic E-state index is 11.9. The molecule has 1 amide bonds. The highest BCUT2D eigenvalue weighted by atomic mass is 16.3. The van der Waals surface area contributed by atoms with Crippen LogP contribution in [-0.2, 0) is 0 Å². The molecule has 4 heteroatoms. The van der Waals surface area contributed by atoms with Gasteiger partial charge in [0, 0.05) is 19.0 Å². The fraction of sp³-hybridized carbons (Fsp3) is 0.429. The molecule has 0 spiro atoms. The van der Waals surface area contributed by atoms with Crippen LogP contribution in [0, 0.1) is 6.92 Å². The summed E-state index contributed by atoms with van der Waals surface area (Å²) in [7, 11) is 0. The number of carbonyl (C=O) groups is 1. The molecule has 0 fully saturated rings. The van der Waals surface area contributed by atoms with Gasteiger partial charge in [0.25, 0.3) is 5.91 Å². The summed E-state index contributed by atoms with van der Waals surface area (Å²) in [5.74, 6) is 0.569. The molecule has 18 heavy (non-hydrogen) atoms. The van der Waals surface area contributed by atoms with Crippen molar-refractivity contribution in [3.05, 3.63) is 29.7 Å². The summed E-state index contributed by atoms with van der Waals surface area (Å²) in [6.07, 6.45) is 3.31. The lowest BCUT2D eigenvalue weighted by molar-refractivity contribution is 0.0953. The highest BCUT2D eigenvalue weighted by molar-refractivity contribution is 5.97. The first kappa shape index (κ1) is 12.6. The molecule has 0 bridgehead atoms. The van der Waals surface area contributed by atoms with Crippen molar-refractivity contribution in [1.29, 1.82) is 0 Å². The van der Waals surface area contributed by atoms with Gasteiger partial charge in [0.1, 0.15) is 5.52 Å². The number of benzene rings is 1. The molecule has 0 saturated carbocycles. The monoisotopic (exact) mass is 246 g/mol. The lowest BCUT2D eigenvalue weighted by atomic mass is 10.2. The van der Waals surface area contributed by atoms with Gasteiger partial charge in [0.2, 0.25) is 0 Å². The average Bonchev–Trinajstić information content (AvgIpc) is 2.73. The lowest BCUT2D eigenvalue weighted by Crippen LogP contribution is -2.24. The first-order valence-electron chi connectivity index (χ1n) is 6.36. The number of nitrogens with one attached hydrogen (secondary N) is 1. The number of aryl methyl sites for hydroxylation is 1. The van der Waals surface area contributed by atoms with Crippen molar-refractivity contribution in [3.63, 3.8) is 0 Å². The first-order valence-corrected chi connectivity index (χ1v) is 6.36. The average molecular weight is 246 g/mol. The Balaban J connectivity index is 2.03. The molecule has 4 nitrogen and oxygen atoms in total. The summed E-state index contributed by atoms with van der Waals surface area (Å²) >= 11 is 0. The minimum Gasteiger partial charge on any atom is -0.441 e. The molecular formula is C14H18N2O2. The van der Waals surface area contributed by atoms with Gasteiger partial charge in [-0.3, -0.25) is 4.79 Å². The highest BCUT2D eigenvalue weighted by Crippen LogP contribution is 2.16. The SMILES string of the molecule is CCCCCNC(=O)c1ccc2oc(C)nc2c1. The zero-order chi connectivity index (χ0) is 13.0. The molecule has 1 N–H and O–H groups in total. The Bertz CT molecular complexity index is 546. The third-order valence-corrected chi connectivity index (χ3v) is 2.82. The van der Waals surface area contributed by atoms with Crippen LogP contribution in [0.5, 0.6) is 0 Å². The van der Waals surface area contributed by atoms with Crippen LogP contribution in [0.2, 0.25) is 0 Å². The first-order chi connectivity index (χ1) is 8.70. The Labute approximate surface area is 106 Å². The zero-order valence-corrected chi connectivity index (χ0v) is 10.8. The second-order valence-electron chi connectivity index (χ2n) is 4.38. The Morgan fingerprint density at radius 2 is 2.22 bits per heavy atom. The number of aromatic nitrogens is 1. The van der Waals surface area contributed by atoms with E-state index in [-0.39, 0.29) is 5.91 Å². The van der Waals surface area contributed by atoms with Crippen molar-refractivity contribution >= 4 is 17.0 Å². The molecule has 2 rings (SSSR count). The predicted octanol–water partition coefficient (Wildman–Crippen LogP) is 3.06. The molecule has 2 aromatic rings. The van der Waals surface area contributed by atoms with Crippen LogP contribution in [0.4, 0.5) is 0 Å². The van der Waals surface area contributed by atoms with Gasteiger partial charge in [0.15, 0.2) is 11.5 Å². The van der Waals surface area contributed by atoms with Gasteiger partial charge < -0.3 is 9.73 Å². The molecular weight excluding hydrogens is 228 g/mol. The quantitative estimate of drug-likeness (QED) is 0.825. The number of amides is 1. The Morgan fingerprint density at radius 1 is 1.39 bits per heavy atom. The molecule has 96 valence electrons. The van der Waals surface area contributed by atoms with Crippen molar-refractivity contribution in [2.75, 3.05) is 6.54 Å². The number of hydrogen-bond acceptors (Lipinski definition) is 3. The van der Waals surface area contributed by atoms with Crippen molar-refractivity contribution in [2.24, 2.45) is 0 Å². The molecule has 0 aliphatic heterocycles. The van der Waals surface area contributed by atoms with Gasteiger partial charge in [-0.25, -0.2) is 4.98 Å². The van der Waals surface area contributed by atoms with Gasteiger partial charge in [-0.15, -0.1) is 0 Å². The van der Waals surface area contributed by atoms with E-state index in [1.807, 2.05) is 0 Å². The van der Waals surface area contributed by atoms with E-state index >= 15 is 0 Å². The normalized spacial score (nSPS) is 10.8. The van der Waals surface area contributed by atoms with Gasteiger partial charge in [-0.05, 0) is 24.6 Å². The number of nitrogens with zero attached hydrogens (tertiary/aromatic N) is 1. The standard InChI is InChI=1S/C14H18N2O2/c1-3-4-5-8-15-14(17)11-6-7-13-12(9-11)16-10(2)18-13/h6-7,9H,3-5,8H2,1-2H3,(H,15,17). The summed E-state index contributed by atoms with van der Waals surface area (Å²) < 4.78 is 5.37. The lowest BCUT2D eigenvalue weighted by Gasteiger charge is -2.04. The van der Waals surface area contributed by atoms with E-state index in [1.54, 1.807) is 25.1 Å². The molecule has 1 aromatic carbocycles. The topological polar surface area (TPSA) is 55.1 Å². The number of oxazole rings is 1. The van der Waals surface area contributed by atoms with Gasteiger partial charge in [-0.1, -0.05) is 19.8 Å². The van der Waals surface area contributed by atoms with Crippen LogP contribution < -0.4 is 5.32 Å². The third-order valence-electron chi connectivity index (χ3n) is 2.82. The number of hydrogen-bond donors (Lipinski definition) is 1. The molecule has 0 atom stereocenters. The maximum absolute atomic E-state index is 11.9. The van der Waals surface area contributed by atoms with E-state index in [1.165, 1.54) is 0 Å². The molecule has 1 heterocycles. The Morgan fingerprint density at radius 3 is 3.00 bits per heavy atom. The summed E-state index contributed by atoms with van der Waals surface area (Å²) in [6.45, 7) is 4.66. The van der Waals surface area contributed by atoms with Crippen LogP contribution in [0.25, 0.3) is 11.1 Å². The van der Waals surface area contributed by atoms with Crippen molar-refractivity contribution in [2.45, 2.75) is 33.1 Å². The zero-order valence-electron chi connectivity index (χ0n) is 10.8. The second kappa shape index (κ2) is 5.67. The van der Waals surface area contributed by atoms with Gasteiger partial charge in [-0.2, -0.15) is 0 Å². The van der Waals surface area contributed by atoms with Crippen LogP contribution in [-0.4, -0.2) is 17.4 Å². The number of rotatable bonds is 5. The third kappa shape index (κ3) is 2.88.